The van der Waals surface area contributed by atoms with Crippen molar-refractivity contribution in [3.63, 3.8) is 0 Å². The number of hydrogen-bond donors (Lipinski definition) is 2. The van der Waals surface area contributed by atoms with Gasteiger partial charge in [-0.3, -0.25) is 4.79 Å². The van der Waals surface area contributed by atoms with Gasteiger partial charge in [0.05, 0.1) is 28.9 Å². The van der Waals surface area contributed by atoms with E-state index in [4.69, 9.17) is 22.1 Å². The summed E-state index contributed by atoms with van der Waals surface area (Å²) in [6.07, 6.45) is 1.01. The van der Waals surface area contributed by atoms with Gasteiger partial charge in [0.25, 0.3) is 5.91 Å². The molecule has 0 spiro atoms. The zero-order valence-corrected chi connectivity index (χ0v) is 12.2. The van der Waals surface area contributed by atoms with Gasteiger partial charge in [-0.25, -0.2) is 4.98 Å². The number of hydrogen-bond acceptors (Lipinski definition) is 5. The number of aromatic nitrogens is 1. The average molecular weight is 300 g/mol. The number of nitrogens with zero attached hydrogens (tertiary/aromatic N) is 2. The van der Waals surface area contributed by atoms with E-state index in [0.29, 0.717) is 18.7 Å². The van der Waals surface area contributed by atoms with Gasteiger partial charge in [0.1, 0.15) is 5.82 Å². The highest BCUT2D eigenvalue weighted by molar-refractivity contribution is 6.33. The number of carbonyl (C=O) groups excluding carboxylic acids is 1. The molecule has 0 aliphatic carbocycles. The zero-order chi connectivity index (χ0) is 14.9. The summed E-state index contributed by atoms with van der Waals surface area (Å²) in [6, 6.07) is 1.50. The number of pyridine rings is 1. The Bertz CT molecular complexity index is 522. The van der Waals surface area contributed by atoms with E-state index >= 15 is 0 Å². The number of ether oxygens (including phenoxy) is 1. The lowest BCUT2D eigenvalue weighted by atomic mass is 10.0. The number of morpholine rings is 1. The fourth-order valence-corrected chi connectivity index (χ4v) is 2.46. The summed E-state index contributed by atoms with van der Waals surface area (Å²) >= 11 is 5.89. The molecule has 1 unspecified atom stereocenters. The molecule has 1 atom stereocenters. The van der Waals surface area contributed by atoms with Crippen molar-refractivity contribution in [3.8, 4) is 0 Å². The third-order valence-corrected chi connectivity index (χ3v) is 3.39. The van der Waals surface area contributed by atoms with Gasteiger partial charge in [-0.1, -0.05) is 11.6 Å². The van der Waals surface area contributed by atoms with E-state index < -0.39 is 5.60 Å². The maximum Gasteiger partial charge on any atom is 0.255 e. The van der Waals surface area contributed by atoms with Gasteiger partial charge in [-0.05, 0) is 19.9 Å². The molecule has 2 rings (SSSR count). The molecule has 1 amide bonds. The number of aliphatic hydroxyl groups is 1. The second-order valence-electron chi connectivity index (χ2n) is 5.46. The van der Waals surface area contributed by atoms with Crippen molar-refractivity contribution in [3.05, 3.63) is 22.8 Å². The largest absolute Gasteiger partial charge is 0.394 e. The fourth-order valence-electron chi connectivity index (χ4n) is 2.29. The highest BCUT2D eigenvalue weighted by Crippen LogP contribution is 2.24. The predicted molar refractivity (Wildman–Crippen MR) is 75.6 cm³/mol. The molecule has 110 valence electrons. The molecule has 1 aromatic heterocycles. The minimum Gasteiger partial charge on any atom is -0.394 e. The van der Waals surface area contributed by atoms with Crippen molar-refractivity contribution in [1.82, 2.24) is 9.88 Å². The fraction of sp³-hybridized carbons (Fsp3) is 0.538. The van der Waals surface area contributed by atoms with Crippen molar-refractivity contribution in [2.24, 2.45) is 0 Å². The van der Waals surface area contributed by atoms with Gasteiger partial charge in [0.2, 0.25) is 0 Å². The molecule has 7 heteroatoms. The smallest absolute Gasteiger partial charge is 0.255 e. The molecule has 20 heavy (non-hydrogen) atoms. The van der Waals surface area contributed by atoms with Gasteiger partial charge in [0.15, 0.2) is 0 Å². The lowest BCUT2D eigenvalue weighted by Crippen LogP contribution is -2.55. The lowest BCUT2D eigenvalue weighted by molar-refractivity contribution is -0.139. The quantitative estimate of drug-likeness (QED) is 0.848. The first-order chi connectivity index (χ1) is 9.32. The summed E-state index contributed by atoms with van der Waals surface area (Å²) in [6.45, 7) is 4.39. The highest BCUT2D eigenvalue weighted by Gasteiger charge is 2.35. The van der Waals surface area contributed by atoms with E-state index in [1.165, 1.54) is 12.3 Å². The molecule has 1 aliphatic heterocycles. The van der Waals surface area contributed by atoms with E-state index in [-0.39, 0.29) is 29.5 Å². The Balaban J connectivity index is 2.21. The van der Waals surface area contributed by atoms with Crippen molar-refractivity contribution < 1.29 is 14.6 Å². The van der Waals surface area contributed by atoms with Crippen LogP contribution in [0, 0.1) is 0 Å². The molecule has 0 aromatic carbocycles. The lowest BCUT2D eigenvalue weighted by Gasteiger charge is -2.42. The van der Waals surface area contributed by atoms with Gasteiger partial charge in [-0.15, -0.1) is 0 Å². The van der Waals surface area contributed by atoms with Gasteiger partial charge >= 0.3 is 0 Å². The maximum atomic E-state index is 12.5. The average Bonchev–Trinajstić information content (AvgIpc) is 2.39. The Kier molecular flexibility index (Phi) is 4.17. The molecule has 1 aromatic rings. The molecule has 1 saturated heterocycles. The Labute approximate surface area is 122 Å². The van der Waals surface area contributed by atoms with Crippen LogP contribution < -0.4 is 5.73 Å². The topological polar surface area (TPSA) is 88.7 Å². The molecule has 6 nitrogen and oxygen atoms in total. The monoisotopic (exact) mass is 299 g/mol. The van der Waals surface area contributed by atoms with E-state index in [2.05, 4.69) is 4.98 Å². The van der Waals surface area contributed by atoms with Crippen LogP contribution in [0.3, 0.4) is 0 Å². The zero-order valence-electron chi connectivity index (χ0n) is 11.5. The molecule has 0 radical (unpaired) electrons. The number of carbonyl (C=O) groups is 1. The van der Waals surface area contributed by atoms with Crippen molar-refractivity contribution in [1.29, 1.82) is 0 Å². The molecule has 1 fully saturated rings. The number of nitrogen functional groups attached to an aromatic ring is 1. The standard InChI is InChI=1S/C13H18ClN3O3/c1-13(2)7-17(5-9(6-18)20-13)12(19)8-3-10(14)11(15)16-4-8/h3-4,9,18H,5-7H2,1-2H3,(H2,15,16). The number of aliphatic hydroxyl groups excluding tert-OH is 1. The van der Waals surface area contributed by atoms with Crippen LogP contribution in [-0.2, 0) is 4.74 Å². The van der Waals surface area contributed by atoms with Crippen LogP contribution in [0.5, 0.6) is 0 Å². The van der Waals surface area contributed by atoms with Crippen LogP contribution in [0.25, 0.3) is 0 Å². The number of halogens is 1. The molecule has 2 heterocycles. The summed E-state index contributed by atoms with van der Waals surface area (Å²) in [5, 5.41) is 9.51. The summed E-state index contributed by atoms with van der Waals surface area (Å²) < 4.78 is 5.68. The SMILES string of the molecule is CC1(C)CN(C(=O)c2cnc(N)c(Cl)c2)CC(CO)O1. The van der Waals surface area contributed by atoms with Crippen LogP contribution in [0.2, 0.25) is 5.02 Å². The van der Waals surface area contributed by atoms with Crippen molar-refractivity contribution in [2.75, 3.05) is 25.4 Å². The number of anilines is 1. The Morgan fingerprint density at radius 1 is 1.70 bits per heavy atom. The first-order valence-corrected chi connectivity index (χ1v) is 6.69. The number of nitrogens with two attached hydrogens (primary N) is 1. The van der Waals surface area contributed by atoms with Crippen LogP contribution in [0.1, 0.15) is 24.2 Å². The first kappa shape index (κ1) is 15.0. The number of rotatable bonds is 2. The van der Waals surface area contributed by atoms with E-state index in [1.807, 2.05) is 13.8 Å². The Hall–Kier alpha value is -1.37. The molecular weight excluding hydrogens is 282 g/mol. The Morgan fingerprint density at radius 2 is 2.40 bits per heavy atom. The summed E-state index contributed by atoms with van der Waals surface area (Å²) in [5.41, 5.74) is 5.40. The summed E-state index contributed by atoms with van der Waals surface area (Å²) in [4.78, 5) is 18.0. The molecule has 1 aliphatic rings. The van der Waals surface area contributed by atoms with E-state index in [1.54, 1.807) is 4.90 Å². The second kappa shape index (κ2) is 5.55. The molecule has 0 saturated carbocycles. The minimum absolute atomic E-state index is 0.131. The van der Waals surface area contributed by atoms with Gasteiger partial charge in [-0.2, -0.15) is 0 Å². The summed E-state index contributed by atoms with van der Waals surface area (Å²) in [7, 11) is 0. The molecule has 3 N–H and O–H groups in total. The first-order valence-electron chi connectivity index (χ1n) is 6.31. The van der Waals surface area contributed by atoms with Crippen LogP contribution in [0.4, 0.5) is 5.82 Å². The normalized spacial score (nSPS) is 21.8. The van der Waals surface area contributed by atoms with Crippen molar-refractivity contribution >= 4 is 23.3 Å². The third kappa shape index (κ3) is 3.20. The van der Waals surface area contributed by atoms with Gasteiger partial charge in [0, 0.05) is 19.3 Å². The van der Waals surface area contributed by atoms with E-state index in [0.717, 1.165) is 0 Å². The second-order valence-corrected chi connectivity index (χ2v) is 5.87. The van der Waals surface area contributed by atoms with Crippen LogP contribution in [0.15, 0.2) is 12.3 Å². The highest BCUT2D eigenvalue weighted by atomic mass is 35.5. The van der Waals surface area contributed by atoms with Gasteiger partial charge < -0.3 is 20.5 Å². The van der Waals surface area contributed by atoms with Crippen LogP contribution in [-0.4, -0.2) is 52.3 Å². The minimum atomic E-state index is -0.508. The molecular formula is C13H18ClN3O3. The Morgan fingerprint density at radius 3 is 3.00 bits per heavy atom. The number of amides is 1. The molecule has 0 bridgehead atoms. The third-order valence-electron chi connectivity index (χ3n) is 3.09. The predicted octanol–water partition coefficient (Wildman–Crippen LogP) is 0.929. The summed E-state index contributed by atoms with van der Waals surface area (Å²) in [5.74, 6) is -0.00650. The van der Waals surface area contributed by atoms with Crippen molar-refractivity contribution in [2.45, 2.75) is 25.6 Å². The van der Waals surface area contributed by atoms with Crippen LogP contribution >= 0.6 is 11.6 Å². The van der Waals surface area contributed by atoms with E-state index in [9.17, 15) is 9.90 Å². The maximum absolute atomic E-state index is 12.5.